The van der Waals surface area contributed by atoms with E-state index in [-0.39, 0.29) is 0 Å². The van der Waals surface area contributed by atoms with Crippen LogP contribution >= 0.6 is 62.5 Å². The van der Waals surface area contributed by atoms with Gasteiger partial charge >= 0.3 is 0 Å². The summed E-state index contributed by atoms with van der Waals surface area (Å²) >= 11 is 12.0. The molecule has 0 saturated heterocycles. The molecular formula is C9H6BrIS2. The molecule has 0 aliphatic heterocycles. The minimum Gasteiger partial charge on any atom is -0.143 e. The first-order valence-corrected chi connectivity index (χ1v) is 7.14. The molecule has 0 spiro atoms. The van der Waals surface area contributed by atoms with Crippen molar-refractivity contribution in [3.05, 3.63) is 26.6 Å². The van der Waals surface area contributed by atoms with Gasteiger partial charge in [-0.25, -0.2) is 0 Å². The molecule has 13 heavy (non-hydrogen) atoms. The van der Waals surface area contributed by atoms with Crippen LogP contribution in [-0.2, 0) is 5.33 Å². The summed E-state index contributed by atoms with van der Waals surface area (Å²) in [5, 5.41) is 2.28. The van der Waals surface area contributed by atoms with Gasteiger partial charge in [0.15, 0.2) is 0 Å². The van der Waals surface area contributed by atoms with Gasteiger partial charge in [-0.1, -0.05) is 22.0 Å². The molecule has 0 unspecified atom stereocenters. The molecule has 1 heterocycles. The Morgan fingerprint density at radius 3 is 2.92 bits per heavy atom. The van der Waals surface area contributed by atoms with Crippen molar-refractivity contribution in [2.75, 3.05) is 0 Å². The number of halogens is 2. The minimum atomic E-state index is 0.928. The third-order valence-electron chi connectivity index (χ3n) is 1.86. The van der Waals surface area contributed by atoms with Gasteiger partial charge in [0.1, 0.15) is 0 Å². The molecule has 0 aliphatic rings. The molecule has 0 nitrogen and oxygen atoms in total. The van der Waals surface area contributed by atoms with Crippen LogP contribution in [0.2, 0.25) is 0 Å². The van der Waals surface area contributed by atoms with Gasteiger partial charge in [-0.05, 0) is 45.7 Å². The Kier molecular flexibility index (Phi) is 3.22. The van der Waals surface area contributed by atoms with Gasteiger partial charge in [0.25, 0.3) is 0 Å². The number of fused-ring (bicyclic) bond motifs is 1. The third kappa shape index (κ3) is 1.91. The lowest BCUT2D eigenvalue weighted by Gasteiger charge is -1.94. The van der Waals surface area contributed by atoms with Gasteiger partial charge in [0.05, 0.1) is 2.88 Å². The van der Waals surface area contributed by atoms with Crippen LogP contribution in [0.3, 0.4) is 0 Å². The van der Waals surface area contributed by atoms with Crippen molar-refractivity contribution >= 4 is 72.6 Å². The molecule has 0 N–H and O–H groups in total. The fourth-order valence-corrected chi connectivity index (χ4v) is 4.99. The van der Waals surface area contributed by atoms with Crippen LogP contribution in [0.15, 0.2) is 23.1 Å². The summed E-state index contributed by atoms with van der Waals surface area (Å²) < 4.78 is 2.69. The molecule has 0 amide bonds. The second kappa shape index (κ2) is 4.08. The number of hydrogen-bond donors (Lipinski definition) is 1. The smallest absolute Gasteiger partial charge is 0.0706 e. The number of benzene rings is 1. The van der Waals surface area contributed by atoms with Crippen molar-refractivity contribution < 1.29 is 0 Å². The topological polar surface area (TPSA) is 0 Å². The van der Waals surface area contributed by atoms with E-state index in [9.17, 15) is 0 Å². The molecule has 0 fully saturated rings. The zero-order valence-corrected chi connectivity index (χ0v) is 12.0. The van der Waals surface area contributed by atoms with Crippen LogP contribution < -0.4 is 0 Å². The van der Waals surface area contributed by atoms with Crippen LogP contribution in [0.25, 0.3) is 10.1 Å². The third-order valence-corrected chi connectivity index (χ3v) is 4.99. The Morgan fingerprint density at radius 2 is 2.23 bits per heavy atom. The van der Waals surface area contributed by atoms with Crippen LogP contribution in [0.5, 0.6) is 0 Å². The molecule has 2 aromatic rings. The SMILES string of the molecule is Sc1ccc2c(CBr)c(I)sc2c1. The van der Waals surface area contributed by atoms with Crippen LogP contribution in [-0.4, -0.2) is 0 Å². The predicted octanol–water partition coefficient (Wildman–Crippen LogP) is 4.69. The number of thiophene rings is 1. The molecule has 0 aliphatic carbocycles. The van der Waals surface area contributed by atoms with Crippen molar-refractivity contribution in [3.8, 4) is 0 Å². The monoisotopic (exact) mass is 384 g/mol. The van der Waals surface area contributed by atoms with Crippen molar-refractivity contribution in [3.63, 3.8) is 0 Å². The van der Waals surface area contributed by atoms with E-state index in [0.717, 1.165) is 10.2 Å². The van der Waals surface area contributed by atoms with Crippen molar-refractivity contribution in [2.45, 2.75) is 10.2 Å². The average molecular weight is 385 g/mol. The quantitative estimate of drug-likeness (QED) is 0.411. The first kappa shape index (κ1) is 10.3. The van der Waals surface area contributed by atoms with Crippen LogP contribution in [0, 0.1) is 2.88 Å². The molecule has 1 aromatic heterocycles. The highest BCUT2D eigenvalue weighted by Gasteiger charge is 2.08. The van der Waals surface area contributed by atoms with Crippen molar-refractivity contribution in [1.82, 2.24) is 0 Å². The lowest BCUT2D eigenvalue weighted by Crippen LogP contribution is -1.75. The summed E-state index contributed by atoms with van der Waals surface area (Å²) in [4.78, 5) is 1.03. The van der Waals surface area contributed by atoms with Crippen LogP contribution in [0.4, 0.5) is 0 Å². The second-order valence-electron chi connectivity index (χ2n) is 2.67. The maximum absolute atomic E-state index is 4.33. The maximum atomic E-state index is 4.33. The van der Waals surface area contributed by atoms with Gasteiger partial charge in [-0.3, -0.25) is 0 Å². The number of thiol groups is 1. The van der Waals surface area contributed by atoms with Gasteiger partial charge < -0.3 is 0 Å². The summed E-state index contributed by atoms with van der Waals surface area (Å²) in [5.41, 5.74) is 1.40. The Morgan fingerprint density at radius 1 is 1.46 bits per heavy atom. The zero-order chi connectivity index (χ0) is 9.42. The highest BCUT2D eigenvalue weighted by atomic mass is 127. The highest BCUT2D eigenvalue weighted by Crippen LogP contribution is 2.34. The Balaban J connectivity index is 2.79. The van der Waals surface area contributed by atoms with E-state index in [1.54, 1.807) is 0 Å². The minimum absolute atomic E-state index is 0.928. The Bertz CT molecular complexity index is 450. The first-order valence-electron chi connectivity index (χ1n) is 3.68. The fraction of sp³-hybridized carbons (Fsp3) is 0.111. The Labute approximate surface area is 108 Å². The molecule has 0 radical (unpaired) electrons. The van der Waals surface area contributed by atoms with E-state index in [4.69, 9.17) is 0 Å². The molecule has 1 aromatic carbocycles. The lowest BCUT2D eigenvalue weighted by atomic mass is 10.2. The predicted molar refractivity (Wildman–Crippen MR) is 74.4 cm³/mol. The summed E-state index contributed by atoms with van der Waals surface area (Å²) in [6.45, 7) is 0. The molecular weight excluding hydrogens is 379 g/mol. The van der Waals surface area contributed by atoms with Crippen LogP contribution in [0.1, 0.15) is 5.56 Å². The maximum Gasteiger partial charge on any atom is 0.0706 e. The second-order valence-corrected chi connectivity index (χ2v) is 6.61. The van der Waals surface area contributed by atoms with Gasteiger partial charge in [-0.15, -0.1) is 24.0 Å². The van der Waals surface area contributed by atoms with E-state index in [1.165, 1.54) is 18.5 Å². The molecule has 0 atom stereocenters. The number of rotatable bonds is 1. The first-order chi connectivity index (χ1) is 6.22. The zero-order valence-electron chi connectivity index (χ0n) is 6.55. The van der Waals surface area contributed by atoms with Crippen molar-refractivity contribution in [2.24, 2.45) is 0 Å². The normalized spacial score (nSPS) is 11.0. The molecule has 0 saturated carbocycles. The standard InChI is InChI=1S/C9H6BrIS2/c10-4-7-6-2-1-5(12)3-8(6)13-9(7)11/h1-3,12H,4H2. The largest absolute Gasteiger partial charge is 0.143 e. The van der Waals surface area contributed by atoms with Crippen molar-refractivity contribution in [1.29, 1.82) is 0 Å². The summed E-state index contributed by atoms with van der Waals surface area (Å²) in [6.07, 6.45) is 0. The van der Waals surface area contributed by atoms with Gasteiger partial charge in [0, 0.05) is 14.9 Å². The van der Waals surface area contributed by atoms with Gasteiger partial charge in [-0.2, -0.15) is 0 Å². The summed E-state index contributed by atoms with van der Waals surface area (Å²) in [7, 11) is 0. The average Bonchev–Trinajstić information content (AvgIpc) is 2.39. The van der Waals surface area contributed by atoms with E-state index < -0.39 is 0 Å². The van der Waals surface area contributed by atoms with Gasteiger partial charge in [0.2, 0.25) is 0 Å². The van der Waals surface area contributed by atoms with E-state index in [0.29, 0.717) is 0 Å². The summed E-state index contributed by atoms with van der Waals surface area (Å²) in [5.74, 6) is 0. The molecule has 68 valence electrons. The fourth-order valence-electron chi connectivity index (χ4n) is 1.23. The number of alkyl halides is 1. The summed E-state index contributed by atoms with van der Waals surface area (Å²) in [6, 6.07) is 6.31. The van der Waals surface area contributed by atoms with E-state index in [1.807, 2.05) is 17.4 Å². The molecule has 2 rings (SSSR count). The van der Waals surface area contributed by atoms with E-state index in [2.05, 4.69) is 63.3 Å². The lowest BCUT2D eigenvalue weighted by molar-refractivity contribution is 1.49. The Hall–Kier alpha value is 0.740. The number of hydrogen-bond acceptors (Lipinski definition) is 2. The molecule has 4 heteroatoms. The highest BCUT2D eigenvalue weighted by molar-refractivity contribution is 14.1. The molecule has 0 bridgehead atoms. The van der Waals surface area contributed by atoms with E-state index >= 15 is 0 Å².